The van der Waals surface area contributed by atoms with E-state index in [1.54, 1.807) is 72.0 Å². The minimum absolute atomic E-state index is 0.00138. The molecule has 0 bridgehead atoms. The molecule has 1 heterocycles. The van der Waals surface area contributed by atoms with Crippen LogP contribution >= 0.6 is 0 Å². The van der Waals surface area contributed by atoms with Gasteiger partial charge in [0.2, 0.25) is 0 Å². The average molecular weight is 418 g/mol. The second-order valence-electron chi connectivity index (χ2n) is 9.17. The highest BCUT2D eigenvalue weighted by atomic mass is 16.6. The van der Waals surface area contributed by atoms with Crippen molar-refractivity contribution < 1.29 is 29.0 Å². The van der Waals surface area contributed by atoms with Crippen LogP contribution in [0, 0.1) is 0 Å². The van der Waals surface area contributed by atoms with E-state index in [4.69, 9.17) is 9.47 Å². The zero-order chi connectivity index (χ0) is 22.9. The number of ether oxygens (including phenoxy) is 2. The molecule has 164 valence electrons. The number of fused-ring (bicyclic) bond motifs is 1. The molecule has 0 aliphatic carbocycles. The first-order valence-corrected chi connectivity index (χ1v) is 9.70. The number of aromatic nitrogens is 1. The van der Waals surface area contributed by atoms with Crippen LogP contribution in [0.3, 0.4) is 0 Å². The Labute approximate surface area is 176 Å². The first-order chi connectivity index (χ1) is 13.7. The number of benzene rings is 1. The van der Waals surface area contributed by atoms with E-state index in [2.05, 4.69) is 0 Å². The van der Waals surface area contributed by atoms with Crippen molar-refractivity contribution in [1.82, 2.24) is 9.47 Å². The number of carboxylic acids is 1. The Morgan fingerprint density at radius 1 is 1.03 bits per heavy atom. The van der Waals surface area contributed by atoms with Gasteiger partial charge in [-0.05, 0) is 53.2 Å². The first-order valence-electron chi connectivity index (χ1n) is 9.70. The van der Waals surface area contributed by atoms with Crippen LogP contribution in [-0.4, -0.2) is 57.0 Å². The Bertz CT molecular complexity index is 949. The fraction of sp³-hybridized carbons (Fsp3) is 0.500. The molecular weight excluding hydrogens is 388 g/mol. The fourth-order valence-corrected chi connectivity index (χ4v) is 2.93. The van der Waals surface area contributed by atoms with Crippen molar-refractivity contribution in [3.63, 3.8) is 0 Å². The lowest BCUT2D eigenvalue weighted by molar-refractivity contribution is -0.142. The molecule has 2 aromatic rings. The number of carbonyl (C=O) groups excluding carboxylic acids is 2. The van der Waals surface area contributed by atoms with Gasteiger partial charge in [0, 0.05) is 25.1 Å². The number of likely N-dealkylation sites (N-methyl/N-ethyl adjacent to an activating group) is 1. The molecule has 0 aliphatic rings. The van der Waals surface area contributed by atoms with Crippen molar-refractivity contribution in [3.8, 4) is 0 Å². The minimum atomic E-state index is -1.17. The van der Waals surface area contributed by atoms with Crippen molar-refractivity contribution >= 4 is 29.1 Å². The van der Waals surface area contributed by atoms with Crippen LogP contribution in [0.2, 0.25) is 0 Å². The van der Waals surface area contributed by atoms with Crippen molar-refractivity contribution in [1.29, 1.82) is 0 Å². The quantitative estimate of drug-likeness (QED) is 0.795. The van der Waals surface area contributed by atoms with Crippen LogP contribution in [0.4, 0.5) is 9.59 Å². The Hall–Kier alpha value is -3.03. The lowest BCUT2D eigenvalue weighted by atomic mass is 10.0. The van der Waals surface area contributed by atoms with Crippen LogP contribution in [0.1, 0.15) is 47.1 Å². The largest absolute Gasteiger partial charge is 0.480 e. The van der Waals surface area contributed by atoms with E-state index >= 15 is 0 Å². The highest BCUT2D eigenvalue weighted by molar-refractivity contribution is 5.92. The highest BCUT2D eigenvalue weighted by Crippen LogP contribution is 2.25. The van der Waals surface area contributed by atoms with Gasteiger partial charge in [-0.3, -0.25) is 9.47 Å². The molecule has 1 amide bonds. The maximum Gasteiger partial charge on any atom is 0.419 e. The molecule has 0 spiro atoms. The summed E-state index contributed by atoms with van der Waals surface area (Å²) >= 11 is 0. The van der Waals surface area contributed by atoms with E-state index in [1.165, 1.54) is 11.6 Å². The molecular formula is C22H30N2O6. The molecule has 0 unspecified atom stereocenters. The van der Waals surface area contributed by atoms with Gasteiger partial charge < -0.3 is 14.6 Å². The molecule has 1 atom stereocenters. The number of hydrogen-bond donors (Lipinski definition) is 1. The smallest absolute Gasteiger partial charge is 0.419 e. The summed E-state index contributed by atoms with van der Waals surface area (Å²) in [6.07, 6.45) is 0.280. The van der Waals surface area contributed by atoms with Crippen LogP contribution in [-0.2, 0) is 20.7 Å². The minimum Gasteiger partial charge on any atom is -0.480 e. The van der Waals surface area contributed by atoms with Gasteiger partial charge in [-0.15, -0.1) is 0 Å². The van der Waals surface area contributed by atoms with Crippen LogP contribution in [0.25, 0.3) is 10.9 Å². The van der Waals surface area contributed by atoms with E-state index in [1.807, 2.05) is 0 Å². The summed E-state index contributed by atoms with van der Waals surface area (Å²) < 4.78 is 12.1. The van der Waals surface area contributed by atoms with Gasteiger partial charge in [0.1, 0.15) is 17.2 Å². The third kappa shape index (κ3) is 5.75. The second kappa shape index (κ2) is 8.38. The molecule has 1 aromatic carbocycles. The van der Waals surface area contributed by atoms with E-state index in [0.29, 0.717) is 16.5 Å². The summed E-state index contributed by atoms with van der Waals surface area (Å²) in [7, 11) is 1.39. The molecule has 2 rings (SSSR count). The maximum atomic E-state index is 12.6. The van der Waals surface area contributed by atoms with Gasteiger partial charge in [-0.1, -0.05) is 18.2 Å². The second-order valence-corrected chi connectivity index (χ2v) is 9.17. The maximum absolute atomic E-state index is 12.6. The summed E-state index contributed by atoms with van der Waals surface area (Å²) in [6, 6.07) is 5.99. The average Bonchev–Trinajstić information content (AvgIpc) is 2.94. The number of para-hydroxylation sites is 1. The van der Waals surface area contributed by atoms with E-state index in [-0.39, 0.29) is 6.42 Å². The van der Waals surface area contributed by atoms with Gasteiger partial charge in [0.15, 0.2) is 0 Å². The standard InChI is InChI=1S/C22H30N2O6/c1-21(2,3)29-19(27)23(7)17(18(25)26)12-14-13-24(20(28)30-22(4,5)6)16-11-9-8-10-15(14)16/h8-11,13,17H,12H2,1-7H3,(H,25,26)/t17-/m0/s1. The van der Waals surface area contributed by atoms with Crippen LogP contribution < -0.4 is 0 Å². The molecule has 8 heteroatoms. The number of carbonyl (C=O) groups is 3. The SMILES string of the molecule is CN(C(=O)OC(C)(C)C)[C@@H](Cc1cn(C(=O)OC(C)(C)C)c2ccccc12)C(=O)O. The molecule has 0 saturated heterocycles. The van der Waals surface area contributed by atoms with Gasteiger partial charge >= 0.3 is 18.2 Å². The molecule has 1 N–H and O–H groups in total. The number of amides is 1. The molecule has 1 aromatic heterocycles. The molecule has 0 saturated carbocycles. The summed E-state index contributed by atoms with van der Waals surface area (Å²) in [4.78, 5) is 38.0. The summed E-state index contributed by atoms with van der Waals surface area (Å²) in [5, 5.41) is 10.5. The molecule has 8 nitrogen and oxygen atoms in total. The third-order valence-electron chi connectivity index (χ3n) is 4.23. The zero-order valence-corrected chi connectivity index (χ0v) is 18.6. The summed E-state index contributed by atoms with van der Waals surface area (Å²) in [6.45, 7) is 10.4. The zero-order valence-electron chi connectivity index (χ0n) is 18.6. The Morgan fingerprint density at radius 2 is 1.60 bits per heavy atom. The lowest BCUT2D eigenvalue weighted by Crippen LogP contribution is -2.46. The lowest BCUT2D eigenvalue weighted by Gasteiger charge is -2.28. The highest BCUT2D eigenvalue weighted by Gasteiger charge is 2.31. The number of nitrogens with zero attached hydrogens (tertiary/aromatic N) is 2. The van der Waals surface area contributed by atoms with Gasteiger partial charge in [0.05, 0.1) is 5.52 Å². The van der Waals surface area contributed by atoms with Gasteiger partial charge in [-0.2, -0.15) is 0 Å². The van der Waals surface area contributed by atoms with Gasteiger partial charge in [-0.25, -0.2) is 14.4 Å². The predicted molar refractivity (Wildman–Crippen MR) is 113 cm³/mol. The van der Waals surface area contributed by atoms with E-state index < -0.39 is 35.4 Å². The number of rotatable bonds is 4. The summed E-state index contributed by atoms with van der Waals surface area (Å²) in [5.41, 5.74) is -0.213. The molecule has 0 aliphatic heterocycles. The van der Waals surface area contributed by atoms with Gasteiger partial charge in [0.25, 0.3) is 0 Å². The summed E-state index contributed by atoms with van der Waals surface area (Å²) in [5.74, 6) is -1.17. The van der Waals surface area contributed by atoms with Crippen LogP contribution in [0.15, 0.2) is 30.5 Å². The normalized spacial score (nSPS) is 13.0. The number of carboxylic acid groups (broad SMARTS) is 1. The van der Waals surface area contributed by atoms with E-state index in [0.717, 1.165) is 4.90 Å². The van der Waals surface area contributed by atoms with Crippen LogP contribution in [0.5, 0.6) is 0 Å². The van der Waals surface area contributed by atoms with E-state index in [9.17, 15) is 19.5 Å². The first kappa shape index (κ1) is 23.3. The Balaban J connectivity index is 2.40. The topological polar surface area (TPSA) is 98.1 Å². The monoisotopic (exact) mass is 418 g/mol. The molecule has 0 radical (unpaired) electrons. The molecule has 0 fully saturated rings. The van der Waals surface area contributed by atoms with Crippen molar-refractivity contribution in [2.24, 2.45) is 0 Å². The predicted octanol–water partition coefficient (Wildman–Crippen LogP) is 4.29. The molecule has 30 heavy (non-hydrogen) atoms. The number of hydrogen-bond acceptors (Lipinski definition) is 5. The number of aliphatic carboxylic acids is 1. The fourth-order valence-electron chi connectivity index (χ4n) is 2.93. The third-order valence-corrected chi connectivity index (χ3v) is 4.23. The Morgan fingerprint density at radius 3 is 2.13 bits per heavy atom. The van der Waals surface area contributed by atoms with Crippen molar-refractivity contribution in [2.75, 3.05) is 7.05 Å². The van der Waals surface area contributed by atoms with Crippen molar-refractivity contribution in [3.05, 3.63) is 36.0 Å². The van der Waals surface area contributed by atoms with Crippen molar-refractivity contribution in [2.45, 2.75) is 65.2 Å². The Kier molecular flexibility index (Phi) is 6.49.